The Kier molecular flexibility index (Phi) is 3.22. The van der Waals surface area contributed by atoms with E-state index < -0.39 is 0 Å². The lowest BCUT2D eigenvalue weighted by molar-refractivity contribution is 0.301. The molecule has 0 unspecified atom stereocenters. The average molecular weight is 255 g/mol. The van der Waals surface area contributed by atoms with Gasteiger partial charge in [0.2, 0.25) is 0 Å². The maximum atomic E-state index is 8.89. The number of oxazole rings is 1. The quantitative estimate of drug-likeness (QED) is 0.895. The third kappa shape index (κ3) is 2.34. The van der Waals surface area contributed by atoms with Crippen molar-refractivity contribution >= 4 is 11.1 Å². The highest BCUT2D eigenvalue weighted by atomic mass is 16.3. The molecular formula is C15H17N3O. The highest BCUT2D eigenvalue weighted by Crippen LogP contribution is 2.36. The molecule has 1 fully saturated rings. The molecule has 98 valence electrons. The molecule has 4 heteroatoms. The second kappa shape index (κ2) is 5.02. The maximum Gasteiger partial charge on any atom is 0.198 e. The number of aromatic nitrogens is 1. The van der Waals surface area contributed by atoms with Crippen molar-refractivity contribution in [2.75, 3.05) is 6.54 Å². The van der Waals surface area contributed by atoms with E-state index in [4.69, 9.17) is 15.4 Å². The number of nitrogens with zero attached hydrogens (tertiary/aromatic N) is 2. The minimum absolute atomic E-state index is 0.403. The van der Waals surface area contributed by atoms with Gasteiger partial charge in [0.1, 0.15) is 5.52 Å². The predicted molar refractivity (Wildman–Crippen MR) is 72.5 cm³/mol. The fourth-order valence-corrected chi connectivity index (χ4v) is 2.83. The normalized spacial score (nSPS) is 23.4. The molecule has 1 aromatic heterocycles. The summed E-state index contributed by atoms with van der Waals surface area (Å²) in [5.41, 5.74) is 7.90. The molecule has 0 amide bonds. The van der Waals surface area contributed by atoms with E-state index in [9.17, 15) is 0 Å². The lowest BCUT2D eigenvalue weighted by atomic mass is 9.82. The summed E-state index contributed by atoms with van der Waals surface area (Å²) in [5, 5.41) is 8.89. The Morgan fingerprint density at radius 1 is 1.32 bits per heavy atom. The Hall–Kier alpha value is -1.86. The van der Waals surface area contributed by atoms with Gasteiger partial charge in [0.25, 0.3) is 0 Å². The number of rotatable bonds is 2. The average Bonchev–Trinajstić information content (AvgIpc) is 2.90. The summed E-state index contributed by atoms with van der Waals surface area (Å²) in [6.45, 7) is 0.784. The van der Waals surface area contributed by atoms with Crippen LogP contribution in [0.15, 0.2) is 22.6 Å². The van der Waals surface area contributed by atoms with E-state index in [0.29, 0.717) is 17.4 Å². The summed E-state index contributed by atoms with van der Waals surface area (Å²) in [7, 11) is 0. The van der Waals surface area contributed by atoms with E-state index in [1.807, 2.05) is 6.07 Å². The number of nitriles is 1. The predicted octanol–water partition coefficient (Wildman–Crippen LogP) is 2.93. The van der Waals surface area contributed by atoms with Gasteiger partial charge in [-0.3, -0.25) is 0 Å². The summed E-state index contributed by atoms with van der Waals surface area (Å²) in [5.74, 6) is 1.88. The van der Waals surface area contributed by atoms with Crippen molar-refractivity contribution in [2.45, 2.75) is 31.6 Å². The molecule has 1 heterocycles. The molecule has 4 nitrogen and oxygen atoms in total. The molecule has 1 aromatic carbocycles. The van der Waals surface area contributed by atoms with Gasteiger partial charge in [0.05, 0.1) is 11.6 Å². The number of hydrogen-bond acceptors (Lipinski definition) is 4. The summed E-state index contributed by atoms with van der Waals surface area (Å²) >= 11 is 0. The molecule has 0 atom stereocenters. The summed E-state index contributed by atoms with van der Waals surface area (Å²) in [6, 6.07) is 7.51. The van der Waals surface area contributed by atoms with E-state index >= 15 is 0 Å². The van der Waals surface area contributed by atoms with E-state index in [0.717, 1.165) is 49.2 Å². The molecule has 0 spiro atoms. The minimum Gasteiger partial charge on any atom is -0.440 e. The highest BCUT2D eigenvalue weighted by molar-refractivity contribution is 5.74. The molecule has 19 heavy (non-hydrogen) atoms. The van der Waals surface area contributed by atoms with Crippen molar-refractivity contribution in [1.82, 2.24) is 4.98 Å². The zero-order chi connectivity index (χ0) is 13.2. The van der Waals surface area contributed by atoms with Crippen molar-refractivity contribution < 1.29 is 4.42 Å². The van der Waals surface area contributed by atoms with Crippen molar-refractivity contribution in [2.24, 2.45) is 11.7 Å². The van der Waals surface area contributed by atoms with Crippen LogP contribution >= 0.6 is 0 Å². The molecule has 1 saturated carbocycles. The van der Waals surface area contributed by atoms with Gasteiger partial charge in [0, 0.05) is 5.92 Å². The Morgan fingerprint density at radius 2 is 2.11 bits per heavy atom. The van der Waals surface area contributed by atoms with Crippen LogP contribution < -0.4 is 5.73 Å². The lowest BCUT2D eigenvalue weighted by Crippen LogP contribution is -2.20. The van der Waals surface area contributed by atoms with Gasteiger partial charge < -0.3 is 10.2 Å². The maximum absolute atomic E-state index is 8.89. The second-order valence-corrected chi connectivity index (χ2v) is 5.30. The van der Waals surface area contributed by atoms with Crippen LogP contribution in [-0.2, 0) is 0 Å². The monoisotopic (exact) mass is 255 g/mol. The van der Waals surface area contributed by atoms with Crippen LogP contribution in [0.2, 0.25) is 0 Å². The highest BCUT2D eigenvalue weighted by Gasteiger charge is 2.25. The molecule has 1 aliphatic rings. The first-order chi connectivity index (χ1) is 9.30. The van der Waals surface area contributed by atoms with Crippen LogP contribution in [0.5, 0.6) is 0 Å². The summed E-state index contributed by atoms with van der Waals surface area (Å²) in [6.07, 6.45) is 4.51. The van der Waals surface area contributed by atoms with E-state index in [2.05, 4.69) is 11.1 Å². The standard InChI is InChI=1S/C15H17N3O/c16-8-10-1-4-12(5-2-10)15-18-13-7-11(9-17)3-6-14(13)19-15/h3,6-7,10,12H,1-2,4-5,8,16H2. The molecule has 2 aromatic rings. The van der Waals surface area contributed by atoms with Gasteiger partial charge in [-0.2, -0.15) is 5.26 Å². The minimum atomic E-state index is 0.403. The van der Waals surface area contributed by atoms with Gasteiger partial charge in [-0.25, -0.2) is 4.98 Å². The Bertz CT molecular complexity index is 618. The van der Waals surface area contributed by atoms with Crippen LogP contribution in [0.3, 0.4) is 0 Å². The molecule has 0 bridgehead atoms. The first-order valence-corrected chi connectivity index (χ1v) is 6.81. The third-order valence-corrected chi connectivity index (χ3v) is 4.06. The van der Waals surface area contributed by atoms with Gasteiger partial charge >= 0.3 is 0 Å². The number of hydrogen-bond donors (Lipinski definition) is 1. The van der Waals surface area contributed by atoms with Crippen LogP contribution in [0.25, 0.3) is 11.1 Å². The van der Waals surface area contributed by atoms with Crippen molar-refractivity contribution in [3.8, 4) is 6.07 Å². The molecule has 0 aliphatic heterocycles. The number of fused-ring (bicyclic) bond motifs is 1. The molecule has 3 rings (SSSR count). The zero-order valence-electron chi connectivity index (χ0n) is 10.8. The first-order valence-electron chi connectivity index (χ1n) is 6.81. The van der Waals surface area contributed by atoms with Crippen LogP contribution in [0, 0.1) is 17.2 Å². The van der Waals surface area contributed by atoms with Crippen LogP contribution in [-0.4, -0.2) is 11.5 Å². The van der Waals surface area contributed by atoms with E-state index in [-0.39, 0.29) is 0 Å². The first kappa shape index (κ1) is 12.2. The molecule has 2 N–H and O–H groups in total. The summed E-state index contributed by atoms with van der Waals surface area (Å²) < 4.78 is 5.82. The lowest BCUT2D eigenvalue weighted by Gasteiger charge is -2.25. The Balaban J connectivity index is 1.84. The van der Waals surface area contributed by atoms with E-state index in [1.54, 1.807) is 12.1 Å². The fraction of sp³-hybridized carbons (Fsp3) is 0.467. The topological polar surface area (TPSA) is 75.8 Å². The number of nitrogens with two attached hydrogens (primary N) is 1. The van der Waals surface area contributed by atoms with Crippen LogP contribution in [0.4, 0.5) is 0 Å². The van der Waals surface area contributed by atoms with Gasteiger partial charge in [-0.15, -0.1) is 0 Å². The Morgan fingerprint density at radius 3 is 2.79 bits per heavy atom. The van der Waals surface area contributed by atoms with Gasteiger partial charge in [0.15, 0.2) is 11.5 Å². The van der Waals surface area contributed by atoms with Crippen molar-refractivity contribution in [1.29, 1.82) is 5.26 Å². The second-order valence-electron chi connectivity index (χ2n) is 5.30. The molecule has 1 aliphatic carbocycles. The molecule has 0 radical (unpaired) electrons. The number of benzene rings is 1. The summed E-state index contributed by atoms with van der Waals surface area (Å²) in [4.78, 5) is 4.55. The van der Waals surface area contributed by atoms with E-state index in [1.165, 1.54) is 0 Å². The fourth-order valence-electron chi connectivity index (χ4n) is 2.83. The van der Waals surface area contributed by atoms with Crippen molar-refractivity contribution in [3.05, 3.63) is 29.7 Å². The van der Waals surface area contributed by atoms with Crippen LogP contribution in [0.1, 0.15) is 43.1 Å². The molecular weight excluding hydrogens is 238 g/mol. The zero-order valence-corrected chi connectivity index (χ0v) is 10.8. The third-order valence-electron chi connectivity index (χ3n) is 4.06. The largest absolute Gasteiger partial charge is 0.440 e. The SMILES string of the molecule is N#Cc1ccc2oc(C3CCC(CN)CC3)nc2c1. The Labute approximate surface area is 112 Å². The molecule has 0 saturated heterocycles. The van der Waals surface area contributed by atoms with Gasteiger partial charge in [-0.1, -0.05) is 0 Å². The van der Waals surface area contributed by atoms with Gasteiger partial charge in [-0.05, 0) is 56.3 Å². The van der Waals surface area contributed by atoms with Crippen molar-refractivity contribution in [3.63, 3.8) is 0 Å². The smallest absolute Gasteiger partial charge is 0.198 e.